The Balaban J connectivity index is 0.000000133. The standard InChI is InChI=1S/C45H29N5S.C28H23N.C23H16N4.BH4.H/c1-4-14-30(15-5-1)43-46-44(31-16-6-2-7-17-31)48-45(47-43)32-24-26-34(27-25-32)49-37-21-11-10-20-35(37)36-28-40-42(29-39(36)49)51-41-23-13-12-22-38(41)50(40)33-18-8-3-9-19-33;1-28(2)24-14-8-9-15-26(24)29(21-11-4-3-5-12-21)27-18-23-20(17-25(27)28)16-19-10-6-7-13-22(19)23;1-16-12-13-19(14-20(16)15-24)23-26-21(17-8-4-2-5-9-17)25-22(27-23)18-10-6-3-7-11-18;;/h1-29H;3-15,17-18H,16H2,1-2H3;2-14H,1H3;1H4;/q;;;2*-1/i;;;;1+1. The van der Waals surface area contributed by atoms with Crippen LogP contribution in [0.4, 0.5) is 34.1 Å². The van der Waals surface area contributed by atoms with Crippen molar-refractivity contribution in [1.82, 2.24) is 34.5 Å². The number of aromatic nitrogens is 7. The third kappa shape index (κ3) is 12.6. The summed E-state index contributed by atoms with van der Waals surface area (Å²) in [6.45, 7) is 6.64. The van der Waals surface area contributed by atoms with Crippen molar-refractivity contribution in [3.8, 4) is 91.2 Å². The van der Waals surface area contributed by atoms with E-state index in [9.17, 15) is 5.26 Å². The molecule has 0 radical (unpaired) electrons. The van der Waals surface area contributed by atoms with Crippen molar-refractivity contribution in [3.05, 3.63) is 379 Å². The Kier molecular flexibility index (Phi) is 18.0. The molecule has 2 aliphatic heterocycles. The van der Waals surface area contributed by atoms with E-state index < -0.39 is 0 Å². The van der Waals surface area contributed by atoms with Gasteiger partial charge in [0.05, 0.1) is 45.4 Å². The molecule has 0 fully saturated rings. The second-order valence-electron chi connectivity index (χ2n) is 27.4. The van der Waals surface area contributed by atoms with Crippen molar-refractivity contribution >= 4 is 76.1 Å². The largest absolute Gasteiger partial charge is 1.00 e. The highest BCUT2D eigenvalue weighted by Crippen LogP contribution is 2.56. The van der Waals surface area contributed by atoms with E-state index >= 15 is 0 Å². The number of nitrogens with zero attached hydrogens (tertiary/aromatic N) is 10. The quantitative estimate of drug-likeness (QED) is 0.130. The van der Waals surface area contributed by atoms with Gasteiger partial charge in [0.1, 0.15) is 0 Å². The van der Waals surface area contributed by atoms with Crippen LogP contribution in [0.2, 0.25) is 0 Å². The molecule has 0 N–H and O–H groups in total. The first-order valence-corrected chi connectivity index (χ1v) is 36.7. The molecule has 10 nitrogen and oxygen atoms in total. The molecule has 0 saturated heterocycles. The molecule has 0 bridgehead atoms. The van der Waals surface area contributed by atoms with Crippen LogP contribution < -0.4 is 9.80 Å². The number of fused-ring (bicyclic) bond motifs is 10. The fourth-order valence-corrected chi connectivity index (χ4v) is 16.1. The average molecular weight is 1410 g/mol. The number of rotatable bonds is 9. The van der Waals surface area contributed by atoms with E-state index in [2.05, 4.69) is 255 Å². The molecule has 3 aromatic heterocycles. The SMILES string of the molecule is CC1(C)c2ccccc2N(c2ccccc2)c2cc3c(cc21)Cc1ccccc1-3.Cc1ccc(-c2nc(-c3ccccc3)nc(-c3ccccc3)n2)cc1C#N.[2H-].[BH4-].c1ccc(-c2nc(-c3ccccc3)nc(-c3ccc(-n4c5ccccc5c5cc6c(cc54)Sc4ccccc4N6c4ccccc4)cc3)n2)cc1. The van der Waals surface area contributed by atoms with Crippen LogP contribution in [0.3, 0.4) is 0 Å². The van der Waals surface area contributed by atoms with Gasteiger partial charge in [-0.2, -0.15) is 5.26 Å². The maximum atomic E-state index is 9.35. The first-order chi connectivity index (χ1) is 52.7. The molecular formula is C96H73BN10S-2. The Morgan fingerprint density at radius 2 is 0.796 bits per heavy atom. The fourth-order valence-electron chi connectivity index (χ4n) is 15.1. The highest BCUT2D eigenvalue weighted by atomic mass is 32.2. The van der Waals surface area contributed by atoms with Crippen molar-refractivity contribution < 1.29 is 1.43 Å². The monoisotopic (exact) mass is 1410 g/mol. The predicted octanol–water partition coefficient (Wildman–Crippen LogP) is 23.0. The van der Waals surface area contributed by atoms with Crippen LogP contribution in [0.15, 0.2) is 356 Å². The molecule has 518 valence electrons. The number of benzene rings is 14. The van der Waals surface area contributed by atoms with Crippen LogP contribution in [0.5, 0.6) is 0 Å². The second kappa shape index (κ2) is 28.8. The Morgan fingerprint density at radius 3 is 1.36 bits per heavy atom. The number of para-hydroxylation sites is 5. The van der Waals surface area contributed by atoms with Crippen molar-refractivity contribution in [3.63, 3.8) is 0 Å². The molecule has 5 heterocycles. The van der Waals surface area contributed by atoms with E-state index in [0.717, 1.165) is 62.3 Å². The first kappa shape index (κ1) is 67.6. The van der Waals surface area contributed by atoms with E-state index in [1.807, 2.05) is 158 Å². The number of aryl methyl sites for hydroxylation is 1. The van der Waals surface area contributed by atoms with Gasteiger partial charge in [0, 0.05) is 76.4 Å². The number of nitriles is 1. The van der Waals surface area contributed by atoms with Gasteiger partial charge in [-0.25, -0.2) is 29.9 Å². The Morgan fingerprint density at radius 1 is 0.343 bits per heavy atom. The molecule has 0 amide bonds. The maximum Gasteiger partial charge on any atom is 0.164 e. The lowest BCUT2D eigenvalue weighted by molar-refractivity contribution is 0.631. The van der Waals surface area contributed by atoms with Crippen molar-refractivity contribution in [2.75, 3.05) is 9.80 Å². The zero-order chi connectivity index (χ0) is 72.0. The Bertz CT molecular complexity index is 6140. The average Bonchev–Trinajstić information content (AvgIpc) is 1.71. The highest BCUT2D eigenvalue weighted by Gasteiger charge is 2.39. The molecule has 0 atom stereocenters. The van der Waals surface area contributed by atoms with E-state index in [0.29, 0.717) is 40.5 Å². The second-order valence-corrected chi connectivity index (χ2v) is 28.5. The van der Waals surface area contributed by atoms with Crippen LogP contribution in [0, 0.1) is 18.3 Å². The normalized spacial score (nSPS) is 12.5. The van der Waals surface area contributed by atoms with Crippen LogP contribution >= 0.6 is 11.8 Å². The zero-order valence-electron chi connectivity index (χ0n) is 60.0. The minimum atomic E-state index is -0.0407. The predicted molar refractivity (Wildman–Crippen MR) is 449 cm³/mol. The number of anilines is 6. The Labute approximate surface area is 635 Å². The van der Waals surface area contributed by atoms with Gasteiger partial charge in [0.25, 0.3) is 0 Å². The third-order valence-corrected chi connectivity index (χ3v) is 21.5. The summed E-state index contributed by atoms with van der Waals surface area (Å²) < 4.78 is 2.38. The molecule has 108 heavy (non-hydrogen) atoms. The van der Waals surface area contributed by atoms with Gasteiger partial charge in [-0.15, -0.1) is 0 Å². The summed E-state index contributed by atoms with van der Waals surface area (Å²) in [6.07, 6.45) is 1.03. The van der Waals surface area contributed by atoms with Crippen molar-refractivity contribution in [1.29, 1.82) is 5.26 Å². The lowest BCUT2D eigenvalue weighted by Gasteiger charge is -2.42. The molecule has 3 aliphatic rings. The summed E-state index contributed by atoms with van der Waals surface area (Å²) in [4.78, 5) is 36.1. The lowest BCUT2D eigenvalue weighted by Crippen LogP contribution is -2.30. The summed E-state index contributed by atoms with van der Waals surface area (Å²) in [7, 11) is 0. The van der Waals surface area contributed by atoms with Gasteiger partial charge in [-0.1, -0.05) is 283 Å². The Hall–Kier alpha value is -13.6. The van der Waals surface area contributed by atoms with E-state index in [4.69, 9.17) is 15.0 Å². The minimum Gasteiger partial charge on any atom is -1.00 e. The first-order valence-electron chi connectivity index (χ1n) is 35.9. The van der Waals surface area contributed by atoms with Gasteiger partial charge in [0.15, 0.2) is 34.9 Å². The summed E-state index contributed by atoms with van der Waals surface area (Å²) >= 11 is 1.83. The van der Waals surface area contributed by atoms with Crippen molar-refractivity contribution in [2.24, 2.45) is 0 Å². The summed E-state index contributed by atoms with van der Waals surface area (Å²) in [5.41, 5.74) is 26.2. The molecule has 0 unspecified atom stereocenters. The fraction of sp³-hybridized carbons (Fsp3) is 0.0521. The molecular weight excluding hydrogens is 1340 g/mol. The molecule has 0 saturated carbocycles. The van der Waals surface area contributed by atoms with E-state index in [1.165, 1.54) is 87.9 Å². The number of hydrogen-bond acceptors (Lipinski definition) is 10. The summed E-state index contributed by atoms with van der Waals surface area (Å²) in [5, 5.41) is 11.8. The molecule has 12 heteroatoms. The molecule has 0 spiro atoms. The van der Waals surface area contributed by atoms with Gasteiger partial charge >= 0.3 is 0 Å². The van der Waals surface area contributed by atoms with Gasteiger partial charge in [-0.3, -0.25) is 0 Å². The molecule has 14 aromatic carbocycles. The van der Waals surface area contributed by atoms with E-state index in [-0.39, 0.29) is 15.3 Å². The minimum absolute atomic E-state index is 0. The molecule has 20 rings (SSSR count). The van der Waals surface area contributed by atoms with Gasteiger partial charge < -0.3 is 15.8 Å². The highest BCUT2D eigenvalue weighted by molar-refractivity contribution is 7.99. The van der Waals surface area contributed by atoms with Crippen molar-refractivity contribution in [2.45, 2.75) is 42.4 Å². The smallest absolute Gasteiger partial charge is 0.164 e. The van der Waals surface area contributed by atoms with E-state index in [1.54, 1.807) is 0 Å². The van der Waals surface area contributed by atoms with Gasteiger partial charge in [-0.05, 0) is 149 Å². The maximum absolute atomic E-state index is 9.35. The molecule has 17 aromatic rings. The summed E-state index contributed by atoms with van der Waals surface area (Å²) in [5.74, 6) is 3.72. The van der Waals surface area contributed by atoms with Crippen LogP contribution in [0.25, 0.3) is 107 Å². The number of hydrogen-bond donors (Lipinski definition) is 0. The van der Waals surface area contributed by atoms with Crippen LogP contribution in [0.1, 0.15) is 48.7 Å². The lowest BCUT2D eigenvalue weighted by atomic mass is 9.72. The third-order valence-electron chi connectivity index (χ3n) is 20.4. The summed E-state index contributed by atoms with van der Waals surface area (Å²) in [6, 6.07) is 122. The van der Waals surface area contributed by atoms with Gasteiger partial charge in [0.2, 0.25) is 0 Å². The molecule has 1 aliphatic carbocycles. The topological polar surface area (TPSA) is 113 Å². The zero-order valence-corrected chi connectivity index (χ0v) is 59.8. The van der Waals surface area contributed by atoms with Crippen LogP contribution in [-0.2, 0) is 11.8 Å². The van der Waals surface area contributed by atoms with Crippen LogP contribution in [-0.4, -0.2) is 42.9 Å².